The van der Waals surface area contributed by atoms with Crippen LogP contribution in [0.1, 0.15) is 18.3 Å². The van der Waals surface area contributed by atoms with E-state index >= 15 is 0 Å². The van der Waals surface area contributed by atoms with Gasteiger partial charge in [-0.1, -0.05) is 25.1 Å². The van der Waals surface area contributed by atoms with Gasteiger partial charge >= 0.3 is 0 Å². The van der Waals surface area contributed by atoms with Crippen LogP contribution in [0.4, 0.5) is 0 Å². The van der Waals surface area contributed by atoms with Crippen molar-refractivity contribution in [1.29, 1.82) is 0 Å². The normalized spacial score (nSPS) is 18.6. The molecule has 3 rings (SSSR count). The molecular formula is C15H20N4O. The van der Waals surface area contributed by atoms with Crippen molar-refractivity contribution in [3.8, 4) is 5.75 Å². The predicted octanol–water partition coefficient (Wildman–Crippen LogP) is 1.34. The zero-order chi connectivity index (χ0) is 13.9. The second kappa shape index (κ2) is 5.63. The van der Waals surface area contributed by atoms with Crippen molar-refractivity contribution >= 4 is 0 Å². The van der Waals surface area contributed by atoms with Crippen LogP contribution >= 0.6 is 0 Å². The van der Waals surface area contributed by atoms with Gasteiger partial charge in [0.25, 0.3) is 0 Å². The standard InChI is InChI=1S/C15H20N4O/c1-3-16-12(9-15-17-10-18-19(15)2)14-8-11-6-4-5-7-13(11)20-14/h4-7,10,12,14,16H,3,8-9H2,1-2H3. The van der Waals surface area contributed by atoms with E-state index in [0.717, 1.165) is 31.0 Å². The number of hydrogen-bond acceptors (Lipinski definition) is 4. The van der Waals surface area contributed by atoms with Gasteiger partial charge in [0.15, 0.2) is 0 Å². The first-order valence-electron chi connectivity index (χ1n) is 7.08. The molecule has 2 aromatic rings. The van der Waals surface area contributed by atoms with E-state index in [1.165, 1.54) is 5.56 Å². The van der Waals surface area contributed by atoms with Crippen LogP contribution in [0.3, 0.4) is 0 Å². The molecule has 20 heavy (non-hydrogen) atoms. The molecule has 1 N–H and O–H groups in total. The summed E-state index contributed by atoms with van der Waals surface area (Å²) in [5.74, 6) is 1.99. The molecule has 0 amide bonds. The molecule has 0 fully saturated rings. The molecule has 1 aromatic carbocycles. The number of ether oxygens (including phenoxy) is 1. The molecule has 0 saturated carbocycles. The number of hydrogen-bond donors (Lipinski definition) is 1. The van der Waals surface area contributed by atoms with Crippen molar-refractivity contribution < 1.29 is 4.74 Å². The Morgan fingerprint density at radius 2 is 2.30 bits per heavy atom. The van der Waals surface area contributed by atoms with Crippen molar-refractivity contribution in [2.45, 2.75) is 31.9 Å². The maximum absolute atomic E-state index is 6.09. The highest BCUT2D eigenvalue weighted by atomic mass is 16.5. The number of fused-ring (bicyclic) bond motifs is 1. The van der Waals surface area contributed by atoms with Crippen LogP contribution in [0.5, 0.6) is 5.75 Å². The van der Waals surface area contributed by atoms with Crippen LogP contribution in [-0.4, -0.2) is 33.5 Å². The second-order valence-electron chi connectivity index (χ2n) is 5.14. The summed E-state index contributed by atoms with van der Waals surface area (Å²) in [4.78, 5) is 4.31. The second-order valence-corrected chi connectivity index (χ2v) is 5.14. The molecule has 2 heterocycles. The summed E-state index contributed by atoms with van der Waals surface area (Å²) < 4.78 is 7.92. The summed E-state index contributed by atoms with van der Waals surface area (Å²) >= 11 is 0. The van der Waals surface area contributed by atoms with Crippen molar-refractivity contribution in [2.75, 3.05) is 6.54 Å². The SMILES string of the molecule is CCNC(Cc1ncnn1C)C1Cc2ccccc2O1. The van der Waals surface area contributed by atoms with E-state index in [1.54, 1.807) is 6.33 Å². The Morgan fingerprint density at radius 1 is 1.45 bits per heavy atom. The van der Waals surface area contributed by atoms with E-state index in [-0.39, 0.29) is 12.1 Å². The van der Waals surface area contributed by atoms with Gasteiger partial charge < -0.3 is 10.1 Å². The van der Waals surface area contributed by atoms with Gasteiger partial charge in [0.1, 0.15) is 24.0 Å². The largest absolute Gasteiger partial charge is 0.488 e. The number of rotatable bonds is 5. The van der Waals surface area contributed by atoms with Gasteiger partial charge in [-0.2, -0.15) is 5.10 Å². The smallest absolute Gasteiger partial charge is 0.138 e. The van der Waals surface area contributed by atoms with Crippen LogP contribution in [0.2, 0.25) is 0 Å². The van der Waals surface area contributed by atoms with Crippen molar-refractivity contribution in [3.05, 3.63) is 42.0 Å². The lowest BCUT2D eigenvalue weighted by Gasteiger charge is -2.23. The van der Waals surface area contributed by atoms with Gasteiger partial charge in [-0.25, -0.2) is 4.98 Å². The topological polar surface area (TPSA) is 52.0 Å². The Labute approximate surface area is 119 Å². The molecular weight excluding hydrogens is 252 g/mol. The van der Waals surface area contributed by atoms with E-state index in [0.29, 0.717) is 0 Å². The van der Waals surface area contributed by atoms with Crippen LogP contribution in [0, 0.1) is 0 Å². The van der Waals surface area contributed by atoms with E-state index in [9.17, 15) is 0 Å². The molecule has 5 nitrogen and oxygen atoms in total. The number of aromatic nitrogens is 3. The van der Waals surface area contributed by atoms with Crippen LogP contribution < -0.4 is 10.1 Å². The highest BCUT2D eigenvalue weighted by Gasteiger charge is 2.30. The van der Waals surface area contributed by atoms with Gasteiger partial charge in [0.2, 0.25) is 0 Å². The number of nitrogens with zero attached hydrogens (tertiary/aromatic N) is 3. The number of benzene rings is 1. The first-order chi connectivity index (χ1) is 9.78. The molecule has 0 spiro atoms. The Morgan fingerprint density at radius 3 is 3.00 bits per heavy atom. The highest BCUT2D eigenvalue weighted by molar-refractivity contribution is 5.37. The third-order valence-corrected chi connectivity index (χ3v) is 3.79. The minimum absolute atomic E-state index is 0.157. The fourth-order valence-electron chi connectivity index (χ4n) is 2.73. The molecule has 1 aliphatic heterocycles. The molecule has 2 atom stereocenters. The van der Waals surface area contributed by atoms with Gasteiger partial charge in [-0.15, -0.1) is 0 Å². The lowest BCUT2D eigenvalue weighted by molar-refractivity contribution is 0.176. The van der Waals surface area contributed by atoms with E-state index in [1.807, 2.05) is 23.9 Å². The zero-order valence-corrected chi connectivity index (χ0v) is 11.9. The van der Waals surface area contributed by atoms with Crippen LogP contribution in [0.25, 0.3) is 0 Å². The number of likely N-dealkylation sites (N-methyl/N-ethyl adjacent to an activating group) is 1. The summed E-state index contributed by atoms with van der Waals surface area (Å²) in [6, 6.07) is 8.51. The molecule has 2 unspecified atom stereocenters. The molecule has 0 bridgehead atoms. The number of nitrogens with one attached hydrogen (secondary N) is 1. The molecule has 1 aliphatic rings. The van der Waals surface area contributed by atoms with Crippen molar-refractivity contribution in [2.24, 2.45) is 7.05 Å². The summed E-state index contributed by atoms with van der Waals surface area (Å²) in [6.45, 7) is 3.03. The fourth-order valence-corrected chi connectivity index (χ4v) is 2.73. The van der Waals surface area contributed by atoms with Crippen LogP contribution in [0.15, 0.2) is 30.6 Å². The third-order valence-electron chi connectivity index (χ3n) is 3.79. The summed E-state index contributed by atoms with van der Waals surface area (Å²) in [7, 11) is 1.93. The predicted molar refractivity (Wildman–Crippen MR) is 76.7 cm³/mol. The van der Waals surface area contributed by atoms with E-state index < -0.39 is 0 Å². The number of aryl methyl sites for hydroxylation is 1. The van der Waals surface area contributed by atoms with Gasteiger partial charge in [0.05, 0.1) is 6.04 Å². The molecule has 1 aromatic heterocycles. The Balaban J connectivity index is 1.74. The van der Waals surface area contributed by atoms with Crippen LogP contribution in [-0.2, 0) is 19.9 Å². The van der Waals surface area contributed by atoms with E-state index in [4.69, 9.17) is 4.74 Å². The summed E-state index contributed by atoms with van der Waals surface area (Å²) in [6.07, 6.45) is 3.53. The quantitative estimate of drug-likeness (QED) is 0.892. The summed E-state index contributed by atoms with van der Waals surface area (Å²) in [5, 5.41) is 7.65. The van der Waals surface area contributed by atoms with Gasteiger partial charge in [0, 0.05) is 19.9 Å². The Hall–Kier alpha value is -1.88. The van der Waals surface area contributed by atoms with Crippen molar-refractivity contribution in [1.82, 2.24) is 20.1 Å². The molecule has 0 aliphatic carbocycles. The Kier molecular flexibility index (Phi) is 3.69. The summed E-state index contributed by atoms with van der Waals surface area (Å²) in [5.41, 5.74) is 1.29. The Bertz CT molecular complexity index is 556. The molecule has 5 heteroatoms. The molecule has 0 saturated heterocycles. The first-order valence-corrected chi connectivity index (χ1v) is 7.08. The minimum atomic E-state index is 0.157. The maximum Gasteiger partial charge on any atom is 0.138 e. The number of para-hydroxylation sites is 1. The first kappa shape index (κ1) is 13.1. The third kappa shape index (κ3) is 2.54. The lowest BCUT2D eigenvalue weighted by Crippen LogP contribution is -2.44. The fraction of sp³-hybridized carbons (Fsp3) is 0.467. The maximum atomic E-state index is 6.09. The van der Waals surface area contributed by atoms with Crippen molar-refractivity contribution in [3.63, 3.8) is 0 Å². The molecule has 106 valence electrons. The zero-order valence-electron chi connectivity index (χ0n) is 11.9. The monoisotopic (exact) mass is 272 g/mol. The average molecular weight is 272 g/mol. The van der Waals surface area contributed by atoms with Gasteiger partial charge in [-0.3, -0.25) is 4.68 Å². The lowest BCUT2D eigenvalue weighted by atomic mass is 10.0. The average Bonchev–Trinajstić information content (AvgIpc) is 3.04. The highest BCUT2D eigenvalue weighted by Crippen LogP contribution is 2.30. The van der Waals surface area contributed by atoms with Gasteiger partial charge in [-0.05, 0) is 18.2 Å². The minimum Gasteiger partial charge on any atom is -0.488 e. The van der Waals surface area contributed by atoms with E-state index in [2.05, 4.69) is 34.5 Å². The molecule has 0 radical (unpaired) electrons.